The Morgan fingerprint density at radius 1 is 1.14 bits per heavy atom. The summed E-state index contributed by atoms with van der Waals surface area (Å²) >= 11 is 6.01. The zero-order chi connectivity index (χ0) is 14.7. The normalized spacial score (nSPS) is 10.3. The quantitative estimate of drug-likeness (QED) is 0.806. The average molecular weight is 300 g/mol. The van der Waals surface area contributed by atoms with E-state index in [0.29, 0.717) is 16.3 Å². The van der Waals surface area contributed by atoms with E-state index in [0.717, 1.165) is 5.69 Å². The Balaban J connectivity index is 1.84. The van der Waals surface area contributed by atoms with Crippen molar-refractivity contribution in [2.24, 2.45) is 0 Å². The topological polar surface area (TPSA) is 72.7 Å². The molecular formula is C14H10ClN5O. The van der Waals surface area contributed by atoms with E-state index in [9.17, 15) is 4.79 Å². The maximum Gasteiger partial charge on any atom is 0.257 e. The first kappa shape index (κ1) is 13.3. The van der Waals surface area contributed by atoms with Crippen molar-refractivity contribution in [2.75, 3.05) is 5.32 Å². The molecule has 1 N–H and O–H groups in total. The van der Waals surface area contributed by atoms with E-state index in [1.165, 1.54) is 11.0 Å². The molecule has 2 aromatic carbocycles. The van der Waals surface area contributed by atoms with Crippen molar-refractivity contribution in [3.8, 4) is 5.69 Å². The molecule has 104 valence electrons. The van der Waals surface area contributed by atoms with E-state index in [-0.39, 0.29) is 5.91 Å². The van der Waals surface area contributed by atoms with Crippen LogP contribution in [0.1, 0.15) is 10.4 Å². The zero-order valence-electron chi connectivity index (χ0n) is 10.8. The van der Waals surface area contributed by atoms with Crippen LogP contribution in [-0.4, -0.2) is 26.1 Å². The predicted molar refractivity (Wildman–Crippen MR) is 78.6 cm³/mol. The number of halogens is 1. The number of amides is 1. The monoisotopic (exact) mass is 299 g/mol. The van der Waals surface area contributed by atoms with Crippen LogP contribution in [0.15, 0.2) is 54.9 Å². The number of nitrogens with zero attached hydrogens (tertiary/aromatic N) is 4. The molecule has 0 aliphatic heterocycles. The summed E-state index contributed by atoms with van der Waals surface area (Å²) in [7, 11) is 0. The summed E-state index contributed by atoms with van der Waals surface area (Å²) in [4.78, 5) is 12.2. The molecule has 1 heterocycles. The fourth-order valence-corrected chi connectivity index (χ4v) is 2.07. The van der Waals surface area contributed by atoms with Crippen molar-refractivity contribution in [1.29, 1.82) is 0 Å². The van der Waals surface area contributed by atoms with E-state index in [2.05, 4.69) is 20.8 Å². The van der Waals surface area contributed by atoms with Gasteiger partial charge in [-0.15, -0.1) is 5.10 Å². The van der Waals surface area contributed by atoms with Gasteiger partial charge in [0.2, 0.25) is 0 Å². The number of nitrogens with one attached hydrogen (secondary N) is 1. The van der Waals surface area contributed by atoms with Crippen molar-refractivity contribution in [3.63, 3.8) is 0 Å². The van der Waals surface area contributed by atoms with Crippen LogP contribution in [0, 0.1) is 0 Å². The van der Waals surface area contributed by atoms with Gasteiger partial charge in [0, 0.05) is 5.69 Å². The molecule has 0 bridgehead atoms. The van der Waals surface area contributed by atoms with Gasteiger partial charge in [0.25, 0.3) is 5.91 Å². The highest BCUT2D eigenvalue weighted by atomic mass is 35.5. The molecule has 0 aliphatic carbocycles. The number of carbonyl (C=O) groups is 1. The lowest BCUT2D eigenvalue weighted by atomic mass is 10.2. The molecule has 0 fully saturated rings. The summed E-state index contributed by atoms with van der Waals surface area (Å²) < 4.78 is 1.51. The minimum atomic E-state index is -0.269. The van der Waals surface area contributed by atoms with Gasteiger partial charge in [0.05, 0.1) is 16.3 Å². The SMILES string of the molecule is O=C(Nc1cccc(-n2cnnn2)c1)c1ccccc1Cl. The van der Waals surface area contributed by atoms with Gasteiger partial charge in [-0.25, -0.2) is 4.68 Å². The number of hydrogen-bond acceptors (Lipinski definition) is 4. The summed E-state index contributed by atoms with van der Waals surface area (Å²) in [5, 5.41) is 14.2. The first-order valence-electron chi connectivity index (χ1n) is 6.13. The van der Waals surface area contributed by atoms with Crippen molar-refractivity contribution in [1.82, 2.24) is 20.2 Å². The second-order valence-electron chi connectivity index (χ2n) is 4.24. The van der Waals surface area contributed by atoms with Crippen LogP contribution in [-0.2, 0) is 0 Å². The maximum atomic E-state index is 12.2. The summed E-state index contributed by atoms with van der Waals surface area (Å²) in [6.07, 6.45) is 1.48. The first-order chi connectivity index (χ1) is 10.2. The Kier molecular flexibility index (Phi) is 3.61. The number of carbonyl (C=O) groups excluding carboxylic acids is 1. The predicted octanol–water partition coefficient (Wildman–Crippen LogP) is 2.57. The van der Waals surface area contributed by atoms with Gasteiger partial charge in [-0.05, 0) is 40.8 Å². The number of benzene rings is 2. The van der Waals surface area contributed by atoms with Gasteiger partial charge in [-0.3, -0.25) is 4.79 Å². The third kappa shape index (κ3) is 2.90. The van der Waals surface area contributed by atoms with Gasteiger partial charge in [0.1, 0.15) is 6.33 Å². The lowest BCUT2D eigenvalue weighted by Crippen LogP contribution is -2.12. The van der Waals surface area contributed by atoms with Gasteiger partial charge in [-0.2, -0.15) is 0 Å². The second kappa shape index (κ2) is 5.72. The van der Waals surface area contributed by atoms with Crippen LogP contribution in [0.2, 0.25) is 5.02 Å². The molecule has 0 saturated heterocycles. The van der Waals surface area contributed by atoms with Gasteiger partial charge in [-0.1, -0.05) is 29.8 Å². The van der Waals surface area contributed by atoms with Crippen molar-refractivity contribution in [3.05, 3.63) is 65.4 Å². The van der Waals surface area contributed by atoms with Crippen molar-refractivity contribution in [2.45, 2.75) is 0 Å². The summed E-state index contributed by atoms with van der Waals surface area (Å²) in [6.45, 7) is 0. The Morgan fingerprint density at radius 2 is 2.00 bits per heavy atom. The fourth-order valence-electron chi connectivity index (χ4n) is 1.85. The minimum Gasteiger partial charge on any atom is -0.322 e. The molecule has 3 rings (SSSR count). The van der Waals surface area contributed by atoms with Crippen LogP contribution in [0.4, 0.5) is 5.69 Å². The molecule has 1 aromatic heterocycles. The molecule has 1 amide bonds. The average Bonchev–Trinajstić information content (AvgIpc) is 3.02. The molecule has 21 heavy (non-hydrogen) atoms. The number of rotatable bonds is 3. The standard InChI is InChI=1S/C14H10ClN5O/c15-13-7-2-1-6-12(13)14(21)17-10-4-3-5-11(8-10)20-9-16-18-19-20/h1-9H,(H,17,21). The van der Waals surface area contributed by atoms with Crippen LogP contribution in [0.3, 0.4) is 0 Å². The van der Waals surface area contributed by atoms with Gasteiger partial charge < -0.3 is 5.32 Å². The lowest BCUT2D eigenvalue weighted by Gasteiger charge is -2.08. The van der Waals surface area contributed by atoms with E-state index in [1.807, 2.05) is 6.07 Å². The largest absolute Gasteiger partial charge is 0.322 e. The lowest BCUT2D eigenvalue weighted by molar-refractivity contribution is 0.102. The smallest absolute Gasteiger partial charge is 0.257 e. The van der Waals surface area contributed by atoms with Crippen molar-refractivity contribution < 1.29 is 4.79 Å². The molecule has 6 nitrogen and oxygen atoms in total. The highest BCUT2D eigenvalue weighted by molar-refractivity contribution is 6.34. The Bertz CT molecular complexity index is 773. The molecule has 0 unspecified atom stereocenters. The van der Waals surface area contributed by atoms with Crippen molar-refractivity contribution >= 4 is 23.2 Å². The number of aromatic nitrogens is 4. The molecular weight excluding hydrogens is 290 g/mol. The molecule has 0 aliphatic rings. The van der Waals surface area contributed by atoms with Gasteiger partial charge in [0.15, 0.2) is 0 Å². The van der Waals surface area contributed by atoms with E-state index < -0.39 is 0 Å². The summed E-state index contributed by atoms with van der Waals surface area (Å²) in [6, 6.07) is 14.1. The van der Waals surface area contributed by atoms with Crippen LogP contribution in [0.5, 0.6) is 0 Å². The maximum absolute atomic E-state index is 12.2. The second-order valence-corrected chi connectivity index (χ2v) is 4.65. The highest BCUT2D eigenvalue weighted by Gasteiger charge is 2.10. The fraction of sp³-hybridized carbons (Fsp3) is 0. The van der Waals surface area contributed by atoms with E-state index in [1.54, 1.807) is 42.5 Å². The van der Waals surface area contributed by atoms with Crippen LogP contribution < -0.4 is 5.32 Å². The Morgan fingerprint density at radius 3 is 2.76 bits per heavy atom. The number of tetrazole rings is 1. The first-order valence-corrected chi connectivity index (χ1v) is 6.51. The summed E-state index contributed by atoms with van der Waals surface area (Å²) in [5.41, 5.74) is 1.80. The molecule has 0 spiro atoms. The third-order valence-electron chi connectivity index (χ3n) is 2.84. The number of anilines is 1. The molecule has 0 atom stereocenters. The molecule has 0 radical (unpaired) electrons. The highest BCUT2D eigenvalue weighted by Crippen LogP contribution is 2.18. The number of hydrogen-bond donors (Lipinski definition) is 1. The van der Waals surface area contributed by atoms with Crippen LogP contribution >= 0.6 is 11.6 Å². The van der Waals surface area contributed by atoms with E-state index >= 15 is 0 Å². The van der Waals surface area contributed by atoms with Crippen LogP contribution in [0.25, 0.3) is 5.69 Å². The Hall–Kier alpha value is -2.73. The molecule has 0 saturated carbocycles. The van der Waals surface area contributed by atoms with Gasteiger partial charge >= 0.3 is 0 Å². The zero-order valence-corrected chi connectivity index (χ0v) is 11.5. The van der Waals surface area contributed by atoms with E-state index in [4.69, 9.17) is 11.6 Å². The molecule has 3 aromatic rings. The Labute approximate surface area is 125 Å². The minimum absolute atomic E-state index is 0.269. The molecule has 7 heteroatoms. The third-order valence-corrected chi connectivity index (χ3v) is 3.17. The summed E-state index contributed by atoms with van der Waals surface area (Å²) in [5.74, 6) is -0.269.